The van der Waals surface area contributed by atoms with Gasteiger partial charge in [0, 0.05) is 24.6 Å². The number of carbonyl (C=O) groups is 2. The van der Waals surface area contributed by atoms with Crippen LogP contribution in [0.25, 0.3) is 5.65 Å². The first-order valence-electron chi connectivity index (χ1n) is 9.49. The van der Waals surface area contributed by atoms with Crippen molar-refractivity contribution < 1.29 is 9.59 Å². The van der Waals surface area contributed by atoms with Crippen molar-refractivity contribution in [1.82, 2.24) is 36.1 Å². The van der Waals surface area contributed by atoms with Crippen LogP contribution in [-0.4, -0.2) is 50.2 Å². The fourth-order valence-corrected chi connectivity index (χ4v) is 3.54. The number of anilines is 1. The molecule has 3 aromatic rings. The van der Waals surface area contributed by atoms with E-state index in [9.17, 15) is 9.59 Å². The smallest absolute Gasteiger partial charge is 0.269 e. The van der Waals surface area contributed by atoms with E-state index in [0.29, 0.717) is 37.1 Å². The lowest BCUT2D eigenvalue weighted by Crippen LogP contribution is -2.47. The first-order valence-corrected chi connectivity index (χ1v) is 9.49. The number of fused-ring (bicyclic) bond motifs is 1. The van der Waals surface area contributed by atoms with Gasteiger partial charge >= 0.3 is 0 Å². The third-order valence-corrected chi connectivity index (χ3v) is 5.17. The fourth-order valence-electron chi connectivity index (χ4n) is 3.54. The van der Waals surface area contributed by atoms with Gasteiger partial charge < -0.3 is 4.90 Å². The van der Waals surface area contributed by atoms with Crippen molar-refractivity contribution in [3.63, 3.8) is 0 Å². The molecule has 0 saturated carbocycles. The molecule has 1 aromatic carbocycles. The molecule has 2 N–H and O–H groups in total. The van der Waals surface area contributed by atoms with Gasteiger partial charge in [-0.1, -0.05) is 17.7 Å². The Morgan fingerprint density at radius 2 is 1.86 bits per heavy atom. The molecule has 2 amide bonds. The minimum absolute atomic E-state index is 0.164. The highest BCUT2D eigenvalue weighted by molar-refractivity contribution is 5.96. The Labute approximate surface area is 167 Å². The van der Waals surface area contributed by atoms with Gasteiger partial charge in [0.1, 0.15) is 0 Å². The Balaban J connectivity index is 1.30. The van der Waals surface area contributed by atoms with Crippen LogP contribution < -0.4 is 15.8 Å². The van der Waals surface area contributed by atoms with Gasteiger partial charge in [0.05, 0.1) is 0 Å². The van der Waals surface area contributed by atoms with E-state index in [2.05, 4.69) is 36.4 Å². The summed E-state index contributed by atoms with van der Waals surface area (Å²) in [5.41, 5.74) is 8.19. The molecule has 1 saturated heterocycles. The van der Waals surface area contributed by atoms with Crippen LogP contribution in [0.3, 0.4) is 0 Å². The number of nitrogens with one attached hydrogen (secondary N) is 2. The number of rotatable bonds is 3. The number of hydrogen-bond donors (Lipinski definition) is 2. The number of hydrogen-bond acceptors (Lipinski definition) is 7. The molecule has 10 nitrogen and oxygen atoms in total. The maximum atomic E-state index is 12.5. The van der Waals surface area contributed by atoms with Crippen LogP contribution in [0.4, 0.5) is 5.82 Å². The zero-order chi connectivity index (χ0) is 20.4. The highest BCUT2D eigenvalue weighted by Gasteiger charge is 2.26. The highest BCUT2D eigenvalue weighted by Crippen LogP contribution is 2.21. The summed E-state index contributed by atoms with van der Waals surface area (Å²) in [5.74, 6) is 0.119. The first kappa shape index (κ1) is 18.8. The number of nitrogens with zero attached hydrogens (tertiary/aromatic N) is 6. The van der Waals surface area contributed by atoms with Crippen molar-refractivity contribution >= 4 is 23.3 Å². The minimum atomic E-state index is -0.313. The fraction of sp³-hybridized carbons (Fsp3) is 0.368. The molecule has 0 aliphatic carbocycles. The zero-order valence-electron chi connectivity index (χ0n) is 16.3. The van der Waals surface area contributed by atoms with Crippen molar-refractivity contribution in [2.45, 2.75) is 26.7 Å². The van der Waals surface area contributed by atoms with Gasteiger partial charge in [-0.15, -0.1) is 14.8 Å². The second kappa shape index (κ2) is 7.82. The van der Waals surface area contributed by atoms with E-state index < -0.39 is 0 Å². The predicted molar refractivity (Wildman–Crippen MR) is 105 cm³/mol. The monoisotopic (exact) mass is 394 g/mol. The molecule has 29 heavy (non-hydrogen) atoms. The first-order chi connectivity index (χ1) is 14.0. The van der Waals surface area contributed by atoms with Crippen molar-refractivity contribution in [2.24, 2.45) is 5.92 Å². The number of benzene rings is 1. The molecule has 150 valence electrons. The summed E-state index contributed by atoms with van der Waals surface area (Å²) in [6.07, 6.45) is 1.33. The van der Waals surface area contributed by atoms with Gasteiger partial charge in [0.15, 0.2) is 11.5 Å². The van der Waals surface area contributed by atoms with E-state index in [1.54, 1.807) is 6.07 Å². The van der Waals surface area contributed by atoms with E-state index in [0.717, 1.165) is 16.9 Å². The molecule has 1 fully saturated rings. The molecule has 1 aliphatic rings. The third-order valence-electron chi connectivity index (χ3n) is 5.17. The zero-order valence-corrected chi connectivity index (χ0v) is 16.3. The average Bonchev–Trinajstić information content (AvgIpc) is 3.20. The van der Waals surface area contributed by atoms with E-state index in [-0.39, 0.29) is 17.7 Å². The second-order valence-corrected chi connectivity index (χ2v) is 7.24. The Bertz CT molecular complexity index is 1060. The van der Waals surface area contributed by atoms with Gasteiger partial charge in [0.2, 0.25) is 5.91 Å². The Hall–Kier alpha value is -3.56. The molecule has 0 bridgehead atoms. The molecule has 0 radical (unpaired) electrons. The average molecular weight is 394 g/mol. The number of amides is 2. The lowest BCUT2D eigenvalue weighted by atomic mass is 9.96. The molecular weight excluding hydrogens is 372 g/mol. The van der Waals surface area contributed by atoms with Crippen molar-refractivity contribution in [1.29, 1.82) is 0 Å². The normalized spacial score (nSPS) is 14.8. The number of aryl methyl sites for hydroxylation is 2. The Kier molecular flexibility index (Phi) is 5.07. The number of piperidine rings is 1. The maximum absolute atomic E-state index is 12.5. The van der Waals surface area contributed by atoms with E-state index in [1.165, 1.54) is 4.63 Å². The largest absolute Gasteiger partial charge is 0.355 e. The quantitative estimate of drug-likeness (QED) is 0.631. The Morgan fingerprint density at radius 3 is 2.62 bits per heavy atom. The van der Waals surface area contributed by atoms with Crippen LogP contribution in [0.15, 0.2) is 30.3 Å². The predicted octanol–water partition coefficient (Wildman–Crippen LogP) is 0.814. The van der Waals surface area contributed by atoms with E-state index >= 15 is 0 Å². The van der Waals surface area contributed by atoms with Gasteiger partial charge in [0.25, 0.3) is 5.91 Å². The van der Waals surface area contributed by atoms with E-state index in [4.69, 9.17) is 0 Å². The highest BCUT2D eigenvalue weighted by atomic mass is 16.2. The lowest BCUT2D eigenvalue weighted by Gasteiger charge is -2.31. The summed E-state index contributed by atoms with van der Waals surface area (Å²) in [5, 5.41) is 15.6. The van der Waals surface area contributed by atoms with Crippen LogP contribution in [0.5, 0.6) is 0 Å². The molecule has 4 rings (SSSR count). The van der Waals surface area contributed by atoms with Crippen molar-refractivity contribution in [3.05, 3.63) is 47.0 Å². The molecule has 2 aromatic heterocycles. The summed E-state index contributed by atoms with van der Waals surface area (Å²) >= 11 is 0. The van der Waals surface area contributed by atoms with E-state index in [1.807, 2.05) is 38.1 Å². The maximum Gasteiger partial charge on any atom is 0.269 e. The summed E-state index contributed by atoms with van der Waals surface area (Å²) < 4.78 is 1.39. The number of carbonyl (C=O) groups excluding carboxylic acids is 2. The standard InChI is InChI=1S/C19H22N8O2/c1-12-3-4-15(13(2)11-12)19(29)22-21-18(28)14-7-9-26(10-8-14)17-6-5-16-20-24-25-27(16)23-17/h3-6,11,14H,7-10H2,1-2H3,(H,21,28)(H,22,29). The van der Waals surface area contributed by atoms with Gasteiger partial charge in [-0.3, -0.25) is 20.4 Å². The second-order valence-electron chi connectivity index (χ2n) is 7.24. The third kappa shape index (κ3) is 4.00. The molecule has 0 atom stereocenters. The molecule has 0 unspecified atom stereocenters. The van der Waals surface area contributed by atoms with Gasteiger partial charge in [-0.25, -0.2) is 0 Å². The molecule has 0 spiro atoms. The SMILES string of the molecule is Cc1ccc(C(=O)NNC(=O)C2CCN(c3ccc4nnnn4n3)CC2)c(C)c1. The van der Waals surface area contributed by atoms with Gasteiger partial charge in [-0.2, -0.15) is 0 Å². The summed E-state index contributed by atoms with van der Waals surface area (Å²) in [6.45, 7) is 5.22. The molecular formula is C19H22N8O2. The number of hydrazine groups is 1. The molecule has 1 aliphatic heterocycles. The summed E-state index contributed by atoms with van der Waals surface area (Å²) in [6, 6.07) is 9.26. The van der Waals surface area contributed by atoms with Gasteiger partial charge in [-0.05, 0) is 60.9 Å². The van der Waals surface area contributed by atoms with Crippen molar-refractivity contribution in [3.8, 4) is 0 Å². The van der Waals surface area contributed by atoms with Crippen LogP contribution in [0, 0.1) is 19.8 Å². The minimum Gasteiger partial charge on any atom is -0.355 e. The summed E-state index contributed by atoms with van der Waals surface area (Å²) in [4.78, 5) is 26.9. The lowest BCUT2D eigenvalue weighted by molar-refractivity contribution is -0.126. The molecule has 10 heteroatoms. The topological polar surface area (TPSA) is 117 Å². The van der Waals surface area contributed by atoms with Crippen LogP contribution >= 0.6 is 0 Å². The number of tetrazole rings is 1. The van der Waals surface area contributed by atoms with Crippen LogP contribution in [0.2, 0.25) is 0 Å². The van der Waals surface area contributed by atoms with Crippen molar-refractivity contribution in [2.75, 3.05) is 18.0 Å². The number of aromatic nitrogens is 5. The van der Waals surface area contributed by atoms with Crippen LogP contribution in [0.1, 0.15) is 34.3 Å². The Morgan fingerprint density at radius 1 is 1.07 bits per heavy atom. The molecule has 3 heterocycles. The van der Waals surface area contributed by atoms with Crippen LogP contribution in [-0.2, 0) is 4.79 Å². The summed E-state index contributed by atoms with van der Waals surface area (Å²) in [7, 11) is 0.